The lowest BCUT2D eigenvalue weighted by atomic mass is 10.1. The van der Waals surface area contributed by atoms with Crippen molar-refractivity contribution >= 4 is 5.69 Å². The van der Waals surface area contributed by atoms with E-state index in [4.69, 9.17) is 4.74 Å². The molecular formula is C19H24N2O. The van der Waals surface area contributed by atoms with E-state index in [-0.39, 0.29) is 0 Å². The number of rotatable bonds is 4. The summed E-state index contributed by atoms with van der Waals surface area (Å²) in [6.45, 7) is 7.54. The molecule has 0 saturated carbocycles. The summed E-state index contributed by atoms with van der Waals surface area (Å²) in [4.78, 5) is 5.00. The normalized spacial score (nSPS) is 15.8. The van der Waals surface area contributed by atoms with E-state index in [1.807, 2.05) is 0 Å². The fourth-order valence-electron chi connectivity index (χ4n) is 3.10. The average Bonchev–Trinajstić information content (AvgIpc) is 2.57. The molecule has 1 saturated heterocycles. The third-order valence-corrected chi connectivity index (χ3v) is 4.36. The summed E-state index contributed by atoms with van der Waals surface area (Å²) >= 11 is 0. The highest BCUT2D eigenvalue weighted by Crippen LogP contribution is 2.21. The molecule has 0 amide bonds. The molecule has 2 aromatic carbocycles. The molecule has 3 heteroatoms. The van der Waals surface area contributed by atoms with Crippen molar-refractivity contribution in [3.05, 3.63) is 59.7 Å². The van der Waals surface area contributed by atoms with Crippen molar-refractivity contribution in [2.45, 2.75) is 13.5 Å². The van der Waals surface area contributed by atoms with Crippen LogP contribution in [0.2, 0.25) is 0 Å². The monoisotopic (exact) mass is 296 g/mol. The molecule has 1 fully saturated rings. The van der Waals surface area contributed by atoms with E-state index in [1.165, 1.54) is 16.8 Å². The summed E-state index contributed by atoms with van der Waals surface area (Å²) in [5.74, 6) is 0.970. The summed E-state index contributed by atoms with van der Waals surface area (Å²) < 4.78 is 5.33. The number of piperazine rings is 1. The smallest absolute Gasteiger partial charge is 0.121 e. The Morgan fingerprint density at radius 3 is 2.32 bits per heavy atom. The predicted molar refractivity (Wildman–Crippen MR) is 91.7 cm³/mol. The van der Waals surface area contributed by atoms with E-state index >= 15 is 0 Å². The quantitative estimate of drug-likeness (QED) is 0.861. The van der Waals surface area contributed by atoms with Gasteiger partial charge in [0.05, 0.1) is 7.11 Å². The van der Waals surface area contributed by atoms with E-state index in [0.717, 1.165) is 38.5 Å². The second kappa shape index (κ2) is 6.84. The molecule has 0 unspecified atom stereocenters. The van der Waals surface area contributed by atoms with Gasteiger partial charge >= 0.3 is 0 Å². The van der Waals surface area contributed by atoms with Gasteiger partial charge in [0.2, 0.25) is 0 Å². The van der Waals surface area contributed by atoms with Gasteiger partial charge in [0.25, 0.3) is 0 Å². The third kappa shape index (κ3) is 3.42. The number of hydrogen-bond donors (Lipinski definition) is 0. The molecule has 22 heavy (non-hydrogen) atoms. The van der Waals surface area contributed by atoms with Crippen LogP contribution in [0, 0.1) is 6.92 Å². The van der Waals surface area contributed by atoms with Crippen LogP contribution in [0.5, 0.6) is 5.75 Å². The van der Waals surface area contributed by atoms with Gasteiger partial charge in [-0.25, -0.2) is 0 Å². The first-order chi connectivity index (χ1) is 10.8. The van der Waals surface area contributed by atoms with Gasteiger partial charge < -0.3 is 9.64 Å². The maximum absolute atomic E-state index is 5.33. The van der Waals surface area contributed by atoms with Gasteiger partial charge in [-0.2, -0.15) is 0 Å². The zero-order valence-corrected chi connectivity index (χ0v) is 13.5. The van der Waals surface area contributed by atoms with E-state index in [0.29, 0.717) is 0 Å². The maximum Gasteiger partial charge on any atom is 0.121 e. The first-order valence-electron chi connectivity index (χ1n) is 7.92. The Morgan fingerprint density at radius 1 is 0.955 bits per heavy atom. The fraction of sp³-hybridized carbons (Fsp3) is 0.368. The standard InChI is InChI=1S/C19H24N2O/c1-16-14-17(8-9-19(16)22-2)15-20-10-12-21(13-11-20)18-6-4-3-5-7-18/h3-9,14H,10-13,15H2,1-2H3. The van der Waals surface area contributed by atoms with Crippen LogP contribution >= 0.6 is 0 Å². The van der Waals surface area contributed by atoms with Gasteiger partial charge in [-0.05, 0) is 36.2 Å². The zero-order chi connectivity index (χ0) is 15.4. The van der Waals surface area contributed by atoms with E-state index in [1.54, 1.807) is 7.11 Å². The zero-order valence-electron chi connectivity index (χ0n) is 13.5. The van der Waals surface area contributed by atoms with Crippen molar-refractivity contribution in [1.82, 2.24) is 4.90 Å². The van der Waals surface area contributed by atoms with Crippen molar-refractivity contribution in [2.24, 2.45) is 0 Å². The van der Waals surface area contributed by atoms with Crippen LogP contribution in [0.3, 0.4) is 0 Å². The van der Waals surface area contributed by atoms with Crippen LogP contribution in [0.1, 0.15) is 11.1 Å². The lowest BCUT2D eigenvalue weighted by Crippen LogP contribution is -2.45. The molecule has 1 aliphatic heterocycles. The van der Waals surface area contributed by atoms with Crippen LogP contribution in [0.15, 0.2) is 48.5 Å². The first-order valence-corrected chi connectivity index (χ1v) is 7.92. The SMILES string of the molecule is COc1ccc(CN2CCN(c3ccccc3)CC2)cc1C. The van der Waals surface area contributed by atoms with Crippen LogP contribution in [-0.2, 0) is 6.54 Å². The lowest BCUT2D eigenvalue weighted by Gasteiger charge is -2.36. The topological polar surface area (TPSA) is 15.7 Å². The molecule has 0 aliphatic carbocycles. The van der Waals surface area contributed by atoms with Crippen molar-refractivity contribution in [3.8, 4) is 5.75 Å². The number of benzene rings is 2. The minimum Gasteiger partial charge on any atom is -0.496 e. The minimum absolute atomic E-state index is 0.970. The Labute approximate surface area is 133 Å². The summed E-state index contributed by atoms with van der Waals surface area (Å²) in [6.07, 6.45) is 0. The van der Waals surface area contributed by atoms with Crippen LogP contribution in [-0.4, -0.2) is 38.2 Å². The second-order valence-electron chi connectivity index (χ2n) is 5.90. The molecule has 0 atom stereocenters. The fourth-order valence-corrected chi connectivity index (χ4v) is 3.10. The van der Waals surface area contributed by atoms with Crippen LogP contribution in [0.4, 0.5) is 5.69 Å². The highest BCUT2D eigenvalue weighted by atomic mass is 16.5. The lowest BCUT2D eigenvalue weighted by molar-refractivity contribution is 0.249. The van der Waals surface area contributed by atoms with E-state index < -0.39 is 0 Å². The maximum atomic E-state index is 5.33. The molecule has 116 valence electrons. The van der Waals surface area contributed by atoms with Crippen LogP contribution in [0.25, 0.3) is 0 Å². The summed E-state index contributed by atoms with van der Waals surface area (Å²) in [7, 11) is 1.73. The molecule has 0 N–H and O–H groups in total. The molecule has 3 nitrogen and oxygen atoms in total. The number of ether oxygens (including phenoxy) is 1. The van der Waals surface area contributed by atoms with Gasteiger partial charge in [0, 0.05) is 38.4 Å². The Balaban J connectivity index is 1.57. The van der Waals surface area contributed by atoms with E-state index in [2.05, 4.69) is 65.3 Å². The van der Waals surface area contributed by atoms with Crippen molar-refractivity contribution in [3.63, 3.8) is 0 Å². The van der Waals surface area contributed by atoms with Gasteiger partial charge in [0.1, 0.15) is 5.75 Å². The molecule has 0 aromatic heterocycles. The highest BCUT2D eigenvalue weighted by Gasteiger charge is 2.17. The predicted octanol–water partition coefficient (Wildman–Crippen LogP) is 3.33. The summed E-state index contributed by atoms with van der Waals surface area (Å²) in [5, 5.41) is 0. The summed E-state index contributed by atoms with van der Waals surface area (Å²) in [6, 6.07) is 17.2. The van der Waals surface area contributed by atoms with Crippen LogP contribution < -0.4 is 9.64 Å². The number of aryl methyl sites for hydroxylation is 1. The van der Waals surface area contributed by atoms with Crippen molar-refractivity contribution in [2.75, 3.05) is 38.2 Å². The number of methoxy groups -OCH3 is 1. The van der Waals surface area contributed by atoms with Gasteiger partial charge in [0.15, 0.2) is 0 Å². The van der Waals surface area contributed by atoms with Crippen molar-refractivity contribution < 1.29 is 4.74 Å². The number of anilines is 1. The Kier molecular flexibility index (Phi) is 4.64. The molecule has 3 rings (SSSR count). The minimum atomic E-state index is 0.970. The van der Waals surface area contributed by atoms with Gasteiger partial charge in [-0.1, -0.05) is 30.3 Å². The number of nitrogens with zero attached hydrogens (tertiary/aromatic N) is 2. The Morgan fingerprint density at radius 2 is 1.68 bits per heavy atom. The molecule has 1 heterocycles. The summed E-state index contributed by atoms with van der Waals surface area (Å²) in [5.41, 5.74) is 3.91. The Bertz CT molecular complexity index is 604. The average molecular weight is 296 g/mol. The third-order valence-electron chi connectivity index (χ3n) is 4.36. The van der Waals surface area contributed by atoms with Crippen molar-refractivity contribution in [1.29, 1.82) is 0 Å². The molecule has 0 spiro atoms. The molecule has 0 bridgehead atoms. The van der Waals surface area contributed by atoms with Gasteiger partial charge in [-0.3, -0.25) is 4.90 Å². The highest BCUT2D eigenvalue weighted by molar-refractivity contribution is 5.46. The Hall–Kier alpha value is -2.00. The molecule has 1 aliphatic rings. The van der Waals surface area contributed by atoms with E-state index in [9.17, 15) is 0 Å². The van der Waals surface area contributed by atoms with Gasteiger partial charge in [-0.15, -0.1) is 0 Å². The largest absolute Gasteiger partial charge is 0.496 e. The number of hydrogen-bond acceptors (Lipinski definition) is 3. The number of para-hydroxylation sites is 1. The first kappa shape index (κ1) is 14.9. The molecular weight excluding hydrogens is 272 g/mol. The molecule has 2 aromatic rings. The molecule has 0 radical (unpaired) electrons. The second-order valence-corrected chi connectivity index (χ2v) is 5.90.